The number of nitrogens with zero attached hydrogens (tertiary/aromatic N) is 5. The lowest BCUT2D eigenvalue weighted by molar-refractivity contribution is 0.646. The standard InChI is InChI=1S/C21H18ClN5S/c22-16-6-7-17-19(12-16)28-21(25-17)27-10-8-26(9-11-27)20-13-18(23-14-24-20)15-4-2-1-3-5-15/h1-7,12-14H,8-11H2. The van der Waals surface area contributed by atoms with Crippen molar-refractivity contribution >= 4 is 44.1 Å². The van der Waals surface area contributed by atoms with Crippen LogP contribution in [0, 0.1) is 0 Å². The summed E-state index contributed by atoms with van der Waals surface area (Å²) in [7, 11) is 0. The van der Waals surface area contributed by atoms with Crippen LogP contribution in [0.5, 0.6) is 0 Å². The summed E-state index contributed by atoms with van der Waals surface area (Å²) in [5.41, 5.74) is 3.07. The number of benzene rings is 2. The maximum atomic E-state index is 6.10. The van der Waals surface area contributed by atoms with E-state index in [1.165, 1.54) is 0 Å². The van der Waals surface area contributed by atoms with Gasteiger partial charge in [-0.1, -0.05) is 53.3 Å². The molecule has 1 saturated heterocycles. The Morgan fingerprint density at radius 3 is 2.46 bits per heavy atom. The Balaban J connectivity index is 1.31. The molecule has 7 heteroatoms. The van der Waals surface area contributed by atoms with Crippen LogP contribution in [0.3, 0.4) is 0 Å². The summed E-state index contributed by atoms with van der Waals surface area (Å²) in [5.74, 6) is 0.976. The minimum absolute atomic E-state index is 0.755. The molecule has 1 aliphatic rings. The molecule has 0 radical (unpaired) electrons. The van der Waals surface area contributed by atoms with Crippen molar-refractivity contribution in [3.8, 4) is 11.3 Å². The van der Waals surface area contributed by atoms with Crippen molar-refractivity contribution in [3.63, 3.8) is 0 Å². The second kappa shape index (κ2) is 7.37. The Bertz CT molecular complexity index is 1110. The summed E-state index contributed by atoms with van der Waals surface area (Å²) in [4.78, 5) is 18.4. The molecule has 28 heavy (non-hydrogen) atoms. The average Bonchev–Trinajstić information content (AvgIpc) is 3.18. The molecule has 0 spiro atoms. The van der Waals surface area contributed by atoms with Gasteiger partial charge in [-0.3, -0.25) is 0 Å². The van der Waals surface area contributed by atoms with Gasteiger partial charge in [0.2, 0.25) is 0 Å². The van der Waals surface area contributed by atoms with Crippen molar-refractivity contribution in [2.75, 3.05) is 36.0 Å². The third-order valence-corrected chi connectivity index (χ3v) is 6.25. The molecule has 0 amide bonds. The van der Waals surface area contributed by atoms with Gasteiger partial charge in [0.05, 0.1) is 15.9 Å². The van der Waals surface area contributed by atoms with E-state index >= 15 is 0 Å². The van der Waals surface area contributed by atoms with Gasteiger partial charge in [0.1, 0.15) is 12.1 Å². The van der Waals surface area contributed by atoms with Gasteiger partial charge in [0.25, 0.3) is 0 Å². The molecule has 5 rings (SSSR count). The van der Waals surface area contributed by atoms with Gasteiger partial charge in [-0.2, -0.15) is 0 Å². The summed E-state index contributed by atoms with van der Waals surface area (Å²) in [6.07, 6.45) is 1.65. The van der Waals surface area contributed by atoms with E-state index in [0.717, 1.165) is 63.6 Å². The molecule has 2 aromatic carbocycles. The molecular formula is C21H18ClN5S. The quantitative estimate of drug-likeness (QED) is 0.491. The monoisotopic (exact) mass is 407 g/mol. The molecule has 1 fully saturated rings. The molecule has 140 valence electrons. The third kappa shape index (κ3) is 3.41. The van der Waals surface area contributed by atoms with Crippen LogP contribution in [0.4, 0.5) is 10.9 Å². The molecule has 0 unspecified atom stereocenters. The minimum atomic E-state index is 0.755. The highest BCUT2D eigenvalue weighted by Gasteiger charge is 2.21. The summed E-state index contributed by atoms with van der Waals surface area (Å²) >= 11 is 7.81. The highest BCUT2D eigenvalue weighted by atomic mass is 35.5. The fourth-order valence-corrected chi connectivity index (χ4v) is 4.73. The van der Waals surface area contributed by atoms with E-state index in [1.54, 1.807) is 17.7 Å². The second-order valence-corrected chi connectivity index (χ2v) is 8.16. The number of piperazine rings is 1. The van der Waals surface area contributed by atoms with Gasteiger partial charge in [0.15, 0.2) is 5.13 Å². The van der Waals surface area contributed by atoms with Crippen LogP contribution < -0.4 is 9.80 Å². The Morgan fingerprint density at radius 1 is 0.857 bits per heavy atom. The van der Waals surface area contributed by atoms with E-state index < -0.39 is 0 Å². The molecule has 5 nitrogen and oxygen atoms in total. The zero-order valence-electron chi connectivity index (χ0n) is 15.1. The topological polar surface area (TPSA) is 45.2 Å². The predicted octanol–water partition coefficient (Wildman–Crippen LogP) is 4.73. The van der Waals surface area contributed by atoms with Crippen molar-refractivity contribution in [1.29, 1.82) is 0 Å². The molecule has 0 bridgehead atoms. The summed E-state index contributed by atoms with van der Waals surface area (Å²) in [6.45, 7) is 3.64. The van der Waals surface area contributed by atoms with Crippen molar-refractivity contribution < 1.29 is 0 Å². The maximum absolute atomic E-state index is 6.10. The highest BCUT2D eigenvalue weighted by Crippen LogP contribution is 2.31. The number of aromatic nitrogens is 3. The smallest absolute Gasteiger partial charge is 0.186 e. The number of rotatable bonds is 3. The number of hydrogen-bond acceptors (Lipinski definition) is 6. The minimum Gasteiger partial charge on any atom is -0.353 e. The van der Waals surface area contributed by atoms with Crippen molar-refractivity contribution in [3.05, 3.63) is 65.9 Å². The average molecular weight is 408 g/mol. The molecule has 0 aliphatic carbocycles. The third-order valence-electron chi connectivity index (χ3n) is 4.94. The summed E-state index contributed by atoms with van der Waals surface area (Å²) in [6, 6.07) is 18.2. The predicted molar refractivity (Wildman–Crippen MR) is 117 cm³/mol. The van der Waals surface area contributed by atoms with E-state index in [2.05, 4.69) is 38.0 Å². The fraction of sp³-hybridized carbons (Fsp3) is 0.190. The van der Waals surface area contributed by atoms with Gasteiger partial charge in [-0.15, -0.1) is 0 Å². The fourth-order valence-electron chi connectivity index (χ4n) is 3.44. The first-order valence-corrected chi connectivity index (χ1v) is 10.4. The van der Waals surface area contributed by atoms with Crippen LogP contribution >= 0.6 is 22.9 Å². The first kappa shape index (κ1) is 17.4. The number of anilines is 2. The summed E-state index contributed by atoms with van der Waals surface area (Å²) in [5, 5.41) is 1.81. The first-order valence-electron chi connectivity index (χ1n) is 9.20. The van der Waals surface area contributed by atoms with Crippen LogP contribution in [0.2, 0.25) is 5.02 Å². The number of hydrogen-bond donors (Lipinski definition) is 0. The van der Waals surface area contributed by atoms with E-state index in [1.807, 2.05) is 36.4 Å². The lowest BCUT2D eigenvalue weighted by Crippen LogP contribution is -2.46. The highest BCUT2D eigenvalue weighted by molar-refractivity contribution is 7.22. The Kier molecular flexibility index (Phi) is 4.58. The van der Waals surface area contributed by atoms with Crippen LogP contribution in [-0.4, -0.2) is 41.1 Å². The van der Waals surface area contributed by atoms with E-state index in [-0.39, 0.29) is 0 Å². The van der Waals surface area contributed by atoms with Gasteiger partial charge >= 0.3 is 0 Å². The van der Waals surface area contributed by atoms with Crippen LogP contribution in [0.25, 0.3) is 21.5 Å². The largest absolute Gasteiger partial charge is 0.353 e. The van der Waals surface area contributed by atoms with Gasteiger partial charge in [-0.25, -0.2) is 15.0 Å². The molecule has 0 saturated carbocycles. The maximum Gasteiger partial charge on any atom is 0.186 e. The van der Waals surface area contributed by atoms with Crippen molar-refractivity contribution in [1.82, 2.24) is 15.0 Å². The normalized spacial score (nSPS) is 14.6. The number of halogens is 1. The van der Waals surface area contributed by atoms with Gasteiger partial charge in [-0.05, 0) is 18.2 Å². The number of thiazole rings is 1. The Labute approximate surface area is 172 Å². The summed E-state index contributed by atoms with van der Waals surface area (Å²) < 4.78 is 1.13. The van der Waals surface area contributed by atoms with Crippen LogP contribution in [0.1, 0.15) is 0 Å². The van der Waals surface area contributed by atoms with E-state index in [0.29, 0.717) is 0 Å². The second-order valence-electron chi connectivity index (χ2n) is 6.71. The first-order chi connectivity index (χ1) is 13.8. The van der Waals surface area contributed by atoms with Crippen molar-refractivity contribution in [2.45, 2.75) is 0 Å². The molecule has 0 atom stereocenters. The molecule has 2 aromatic heterocycles. The lowest BCUT2D eigenvalue weighted by Gasteiger charge is -2.35. The zero-order valence-corrected chi connectivity index (χ0v) is 16.7. The Hall–Kier alpha value is -2.70. The lowest BCUT2D eigenvalue weighted by atomic mass is 10.1. The molecule has 4 aromatic rings. The molecule has 3 heterocycles. The molecule has 0 N–H and O–H groups in total. The van der Waals surface area contributed by atoms with Gasteiger partial charge < -0.3 is 9.80 Å². The SMILES string of the molecule is Clc1ccc2nc(N3CCN(c4cc(-c5ccccc5)ncn4)CC3)sc2c1. The van der Waals surface area contributed by atoms with Crippen LogP contribution in [0.15, 0.2) is 60.9 Å². The molecular weight excluding hydrogens is 390 g/mol. The van der Waals surface area contributed by atoms with E-state index in [4.69, 9.17) is 16.6 Å². The zero-order chi connectivity index (χ0) is 18.9. The van der Waals surface area contributed by atoms with Crippen molar-refractivity contribution in [2.24, 2.45) is 0 Å². The molecule has 1 aliphatic heterocycles. The number of fused-ring (bicyclic) bond motifs is 1. The Morgan fingerprint density at radius 2 is 1.64 bits per heavy atom. The van der Waals surface area contributed by atoms with E-state index in [9.17, 15) is 0 Å². The van der Waals surface area contributed by atoms with Crippen LogP contribution in [-0.2, 0) is 0 Å². The van der Waals surface area contributed by atoms with Gasteiger partial charge in [0, 0.05) is 42.8 Å².